The minimum atomic E-state index is -1.11. The minimum absolute atomic E-state index is 0.0893. The zero-order valence-electron chi connectivity index (χ0n) is 38.1. The number of unbranched alkanes of at least 4 members (excludes halogenated alkanes) is 2. The summed E-state index contributed by atoms with van der Waals surface area (Å²) in [6.07, 6.45) is 27.4. The van der Waals surface area contributed by atoms with Gasteiger partial charge in [0.2, 0.25) is 0 Å². The molecule has 0 spiro atoms. The molecule has 0 amide bonds. The highest BCUT2D eigenvalue weighted by Gasteiger charge is 2.31. The first-order valence-corrected chi connectivity index (χ1v) is 28.2. The van der Waals surface area contributed by atoms with Gasteiger partial charge < -0.3 is 19.7 Å². The first kappa shape index (κ1) is 48.7. The Kier molecular flexibility index (Phi) is 18.7. The van der Waals surface area contributed by atoms with Gasteiger partial charge >= 0.3 is 11.9 Å². The molecule has 0 aliphatic heterocycles. The molecule has 2 fully saturated rings. The molecule has 0 unspecified atom stereocenters. The molecule has 8 heteroatoms. The Hall–Kier alpha value is -3.30. The Morgan fingerprint density at radius 2 is 1.02 bits per heavy atom. The summed E-state index contributed by atoms with van der Waals surface area (Å²) in [7, 11) is -2.22. The number of hydrogen-bond acceptors (Lipinski definition) is 6. The smallest absolute Gasteiger partial charge is 0.335 e. The van der Waals surface area contributed by atoms with Gasteiger partial charge in [0.25, 0.3) is 0 Å². The number of carbonyl (C=O) groups is 2. The van der Waals surface area contributed by atoms with Crippen molar-refractivity contribution in [2.45, 2.75) is 113 Å². The molecule has 61 heavy (non-hydrogen) atoms. The molecule has 2 aliphatic carbocycles. The van der Waals surface area contributed by atoms with Crippen LogP contribution in [0.5, 0.6) is 0 Å². The monoisotopic (exact) mass is 873 g/mol. The SMILES string of the molecule is C=C(CO)C(=O)OCCCS(C)(C)c1ccc(-c2cc(-c3ccc(S(C)(C)CCCOC(=O)C(=C)CO)cc3)cc(C3CCC(C4CCC(CCCCC)CC4)CC3)c2)cc1. The molecule has 2 N–H and O–H groups in total. The molecule has 336 valence electrons. The summed E-state index contributed by atoms with van der Waals surface area (Å²) in [6, 6.07) is 25.7. The Labute approximate surface area is 371 Å². The molecule has 2 aliphatic rings. The van der Waals surface area contributed by atoms with Gasteiger partial charge in [-0.1, -0.05) is 95.0 Å². The Balaban J connectivity index is 1.31. The fourth-order valence-electron chi connectivity index (χ4n) is 9.55. The average molecular weight is 873 g/mol. The number of hydrogen-bond donors (Lipinski definition) is 2. The maximum absolute atomic E-state index is 11.9. The lowest BCUT2D eigenvalue weighted by atomic mass is 9.67. The standard InChI is InChI=1S/C53H76O6S2/c1-8-9-10-13-41-14-16-42(17-15-41)43-18-20-44(21-19-43)47-34-48(45-22-26-50(27-23-45)60(4,5)32-11-30-58-52(56)39(2)37-54)36-49(35-47)46-24-28-51(29-25-46)61(6,7)33-12-31-59-53(57)40(3)38-55/h22-29,34-36,41-44,54-55H,2-3,8-21,30-33,37-38H2,1,4-7H3. The summed E-state index contributed by atoms with van der Waals surface area (Å²) in [6.45, 7) is 9.32. The number of rotatable bonds is 22. The van der Waals surface area contributed by atoms with Crippen LogP contribution < -0.4 is 0 Å². The van der Waals surface area contributed by atoms with Gasteiger partial charge in [-0.2, -0.15) is 0 Å². The van der Waals surface area contributed by atoms with Crippen molar-refractivity contribution in [1.29, 1.82) is 0 Å². The summed E-state index contributed by atoms with van der Waals surface area (Å²) >= 11 is 0. The lowest BCUT2D eigenvalue weighted by Gasteiger charge is -2.38. The topological polar surface area (TPSA) is 93.1 Å². The van der Waals surface area contributed by atoms with Crippen LogP contribution in [0.4, 0.5) is 0 Å². The maximum atomic E-state index is 11.9. The van der Waals surface area contributed by atoms with E-state index in [0.717, 1.165) is 42.1 Å². The largest absolute Gasteiger partial charge is 0.462 e. The molecular formula is C53H76O6S2. The number of carbonyl (C=O) groups excluding carboxylic acids is 2. The van der Waals surface area contributed by atoms with Gasteiger partial charge in [-0.15, -0.1) is 0 Å². The molecule has 0 bridgehead atoms. The molecular weight excluding hydrogens is 797 g/mol. The molecule has 0 aromatic heterocycles. The van der Waals surface area contributed by atoms with E-state index < -0.39 is 32.0 Å². The molecule has 0 saturated heterocycles. The maximum Gasteiger partial charge on any atom is 0.335 e. The van der Waals surface area contributed by atoms with Crippen molar-refractivity contribution < 1.29 is 29.3 Å². The van der Waals surface area contributed by atoms with E-state index in [1.807, 2.05) is 0 Å². The van der Waals surface area contributed by atoms with Gasteiger partial charge in [-0.3, -0.25) is 0 Å². The van der Waals surface area contributed by atoms with E-state index in [9.17, 15) is 9.59 Å². The van der Waals surface area contributed by atoms with Crippen molar-refractivity contribution in [2.24, 2.45) is 17.8 Å². The lowest BCUT2D eigenvalue weighted by molar-refractivity contribution is -0.140. The van der Waals surface area contributed by atoms with E-state index in [1.165, 1.54) is 115 Å². The molecule has 0 atom stereocenters. The molecule has 0 radical (unpaired) electrons. The molecule has 0 heterocycles. The first-order chi connectivity index (χ1) is 29.2. The minimum Gasteiger partial charge on any atom is -0.462 e. The second-order valence-electron chi connectivity index (χ2n) is 18.8. The van der Waals surface area contributed by atoms with Gasteiger partial charge in [0, 0.05) is 0 Å². The molecule has 3 aromatic rings. The number of esters is 2. The summed E-state index contributed by atoms with van der Waals surface area (Å²) in [5.41, 5.74) is 6.63. The van der Waals surface area contributed by atoms with Crippen LogP contribution in [0, 0.1) is 17.8 Å². The fraction of sp³-hybridized carbons (Fsp3) is 0.547. The Morgan fingerprint density at radius 1 is 0.590 bits per heavy atom. The zero-order chi connectivity index (χ0) is 44.0. The van der Waals surface area contributed by atoms with Crippen molar-refractivity contribution >= 4 is 32.0 Å². The van der Waals surface area contributed by atoms with Crippen LogP contribution in [0.15, 0.2) is 101 Å². The van der Waals surface area contributed by atoms with Gasteiger partial charge in [0.05, 0.1) is 37.6 Å². The number of ether oxygens (including phenoxy) is 2. The number of aliphatic hydroxyl groups excluding tert-OH is 2. The highest BCUT2D eigenvalue weighted by Crippen LogP contribution is 2.52. The normalized spacial score (nSPS) is 20.1. The molecule has 6 nitrogen and oxygen atoms in total. The van der Waals surface area contributed by atoms with Crippen LogP contribution >= 0.6 is 20.1 Å². The fourth-order valence-corrected chi connectivity index (χ4v) is 13.4. The van der Waals surface area contributed by atoms with Crippen molar-refractivity contribution in [3.05, 3.63) is 96.6 Å². The summed E-state index contributed by atoms with van der Waals surface area (Å²) in [4.78, 5) is 26.6. The Morgan fingerprint density at radius 3 is 1.43 bits per heavy atom. The highest BCUT2D eigenvalue weighted by molar-refractivity contribution is 8.33. The summed E-state index contributed by atoms with van der Waals surface area (Å²) in [5, 5.41) is 18.3. The number of aliphatic hydroxyl groups is 2. The average Bonchev–Trinajstić information content (AvgIpc) is 3.28. The zero-order valence-corrected chi connectivity index (χ0v) is 39.7. The van der Waals surface area contributed by atoms with E-state index in [-0.39, 0.29) is 24.4 Å². The predicted octanol–water partition coefficient (Wildman–Crippen LogP) is 12.5. The predicted molar refractivity (Wildman–Crippen MR) is 260 cm³/mol. The van der Waals surface area contributed by atoms with Gasteiger partial charge in [-0.05, 0) is 180 Å². The second kappa shape index (κ2) is 23.4. The van der Waals surface area contributed by atoms with Gasteiger partial charge in [0.15, 0.2) is 0 Å². The molecule has 3 aromatic carbocycles. The van der Waals surface area contributed by atoms with Crippen molar-refractivity contribution in [3.8, 4) is 22.3 Å². The van der Waals surface area contributed by atoms with Crippen LogP contribution in [0.25, 0.3) is 22.3 Å². The number of benzene rings is 3. The lowest BCUT2D eigenvalue weighted by Crippen LogP contribution is -2.25. The third kappa shape index (κ3) is 14.1. The van der Waals surface area contributed by atoms with Crippen LogP contribution in [0.1, 0.15) is 108 Å². The Bertz CT molecular complexity index is 1770. The summed E-state index contributed by atoms with van der Waals surface area (Å²) in [5.74, 6) is 4.17. The van der Waals surface area contributed by atoms with Crippen molar-refractivity contribution in [2.75, 3.05) is 63.0 Å². The van der Waals surface area contributed by atoms with Crippen LogP contribution in [-0.4, -0.2) is 85.1 Å². The van der Waals surface area contributed by atoms with E-state index in [4.69, 9.17) is 19.7 Å². The van der Waals surface area contributed by atoms with E-state index in [2.05, 4.69) is 112 Å². The van der Waals surface area contributed by atoms with Crippen molar-refractivity contribution in [1.82, 2.24) is 0 Å². The molecule has 5 rings (SSSR count). The quantitative estimate of drug-likeness (QED) is 0.0593. The van der Waals surface area contributed by atoms with Crippen LogP contribution in [0.2, 0.25) is 0 Å². The van der Waals surface area contributed by atoms with E-state index in [0.29, 0.717) is 19.1 Å². The third-order valence-electron chi connectivity index (χ3n) is 13.6. The van der Waals surface area contributed by atoms with E-state index in [1.54, 1.807) is 0 Å². The summed E-state index contributed by atoms with van der Waals surface area (Å²) < 4.78 is 10.6. The first-order valence-electron chi connectivity index (χ1n) is 22.9. The molecule has 2 saturated carbocycles. The van der Waals surface area contributed by atoms with Gasteiger partial charge in [0.1, 0.15) is 0 Å². The van der Waals surface area contributed by atoms with Gasteiger partial charge in [-0.25, -0.2) is 29.6 Å². The van der Waals surface area contributed by atoms with Crippen LogP contribution in [0.3, 0.4) is 0 Å². The third-order valence-corrected chi connectivity index (χ3v) is 19.4. The second-order valence-corrected chi connectivity index (χ2v) is 26.7. The highest BCUT2D eigenvalue weighted by atomic mass is 32.3. The van der Waals surface area contributed by atoms with E-state index >= 15 is 0 Å². The van der Waals surface area contributed by atoms with Crippen molar-refractivity contribution in [3.63, 3.8) is 0 Å². The van der Waals surface area contributed by atoms with Crippen LogP contribution in [-0.2, 0) is 19.1 Å².